The zero-order valence-corrected chi connectivity index (χ0v) is 9.92. The predicted octanol–water partition coefficient (Wildman–Crippen LogP) is 3.11. The standard InChI is InChI=1S/C15H11N2O/c1-18-15-10-16-9-14(17-15)13-8-4-6-11-5-2-3-7-12(11)13/h2-8,10H,1H3. The lowest BCUT2D eigenvalue weighted by Crippen LogP contribution is -1.92. The highest BCUT2D eigenvalue weighted by Gasteiger charge is 2.06. The van der Waals surface area contributed by atoms with Crippen LogP contribution in [-0.2, 0) is 0 Å². The summed E-state index contributed by atoms with van der Waals surface area (Å²) in [6, 6.07) is 14.3. The Labute approximate surface area is 105 Å². The van der Waals surface area contributed by atoms with Crippen LogP contribution in [-0.4, -0.2) is 17.1 Å². The third kappa shape index (κ3) is 1.80. The van der Waals surface area contributed by atoms with Crippen LogP contribution < -0.4 is 4.74 Å². The molecule has 0 bridgehead atoms. The normalized spacial score (nSPS) is 10.5. The van der Waals surface area contributed by atoms with E-state index in [1.807, 2.05) is 24.3 Å². The van der Waals surface area contributed by atoms with Crippen molar-refractivity contribution in [2.24, 2.45) is 0 Å². The first kappa shape index (κ1) is 10.7. The number of hydrogen-bond donors (Lipinski definition) is 0. The Morgan fingerprint density at radius 2 is 1.89 bits per heavy atom. The van der Waals surface area contributed by atoms with Gasteiger partial charge in [0.25, 0.3) is 0 Å². The monoisotopic (exact) mass is 235 g/mol. The lowest BCUT2D eigenvalue weighted by Gasteiger charge is -2.06. The van der Waals surface area contributed by atoms with Crippen LogP contribution in [0.1, 0.15) is 0 Å². The average Bonchev–Trinajstić information content (AvgIpc) is 2.47. The van der Waals surface area contributed by atoms with Gasteiger partial charge in [0.1, 0.15) is 11.9 Å². The van der Waals surface area contributed by atoms with E-state index in [9.17, 15) is 0 Å². The van der Waals surface area contributed by atoms with Crippen LogP contribution in [0.5, 0.6) is 5.88 Å². The lowest BCUT2D eigenvalue weighted by molar-refractivity contribution is 0.396. The number of nitrogens with zero attached hydrogens (tertiary/aromatic N) is 2. The molecule has 0 saturated carbocycles. The third-order valence-corrected chi connectivity index (χ3v) is 2.82. The number of rotatable bonds is 2. The zero-order valence-electron chi connectivity index (χ0n) is 9.92. The first-order valence-corrected chi connectivity index (χ1v) is 5.65. The Bertz CT molecular complexity index is 689. The molecule has 0 amide bonds. The number of aromatic nitrogens is 2. The second-order valence-electron chi connectivity index (χ2n) is 3.90. The van der Waals surface area contributed by atoms with Crippen LogP contribution in [0.4, 0.5) is 0 Å². The summed E-state index contributed by atoms with van der Waals surface area (Å²) in [4.78, 5) is 8.40. The minimum Gasteiger partial charge on any atom is -0.480 e. The quantitative estimate of drug-likeness (QED) is 0.684. The zero-order chi connectivity index (χ0) is 12.4. The Kier molecular flexibility index (Phi) is 2.65. The molecule has 0 N–H and O–H groups in total. The molecule has 3 nitrogen and oxygen atoms in total. The van der Waals surface area contributed by atoms with Crippen molar-refractivity contribution >= 4 is 10.8 Å². The minimum absolute atomic E-state index is 0.497. The van der Waals surface area contributed by atoms with Gasteiger partial charge in [0.2, 0.25) is 5.88 Å². The Morgan fingerprint density at radius 3 is 2.78 bits per heavy atom. The van der Waals surface area contributed by atoms with Gasteiger partial charge in [0, 0.05) is 5.56 Å². The third-order valence-electron chi connectivity index (χ3n) is 2.82. The molecule has 0 atom stereocenters. The first-order chi connectivity index (χ1) is 8.88. The van der Waals surface area contributed by atoms with Crippen LogP contribution in [0.15, 0.2) is 48.7 Å². The summed E-state index contributed by atoms with van der Waals surface area (Å²) < 4.78 is 5.09. The molecule has 0 unspecified atom stereocenters. The molecule has 2 aromatic carbocycles. The summed E-state index contributed by atoms with van der Waals surface area (Å²) in [5, 5.41) is 2.31. The van der Waals surface area contributed by atoms with Gasteiger partial charge >= 0.3 is 0 Å². The molecule has 0 fully saturated rings. The van der Waals surface area contributed by atoms with Gasteiger partial charge in [-0.25, -0.2) is 9.97 Å². The van der Waals surface area contributed by atoms with Gasteiger partial charge in [-0.05, 0) is 10.8 Å². The molecule has 18 heavy (non-hydrogen) atoms. The fourth-order valence-corrected chi connectivity index (χ4v) is 1.96. The fourth-order valence-electron chi connectivity index (χ4n) is 1.96. The maximum absolute atomic E-state index is 5.09. The molecular weight excluding hydrogens is 224 g/mol. The van der Waals surface area contributed by atoms with E-state index >= 15 is 0 Å². The van der Waals surface area contributed by atoms with Crippen molar-refractivity contribution in [1.29, 1.82) is 0 Å². The van der Waals surface area contributed by atoms with E-state index in [4.69, 9.17) is 4.74 Å². The maximum atomic E-state index is 5.09. The van der Waals surface area contributed by atoms with Gasteiger partial charge in [-0.3, -0.25) is 0 Å². The van der Waals surface area contributed by atoms with E-state index in [0.29, 0.717) is 11.6 Å². The predicted molar refractivity (Wildman–Crippen MR) is 70.4 cm³/mol. The van der Waals surface area contributed by atoms with E-state index in [2.05, 4.69) is 34.4 Å². The smallest absolute Gasteiger partial charge is 0.232 e. The van der Waals surface area contributed by atoms with Gasteiger partial charge < -0.3 is 4.74 Å². The first-order valence-electron chi connectivity index (χ1n) is 5.65. The molecular formula is C15H11N2O. The Balaban J connectivity index is 2.24. The summed E-state index contributed by atoms with van der Waals surface area (Å²) >= 11 is 0. The molecule has 0 saturated heterocycles. The number of ether oxygens (including phenoxy) is 1. The second kappa shape index (κ2) is 4.45. The largest absolute Gasteiger partial charge is 0.480 e. The van der Waals surface area contributed by atoms with Crippen molar-refractivity contribution < 1.29 is 4.74 Å². The summed E-state index contributed by atoms with van der Waals surface area (Å²) in [7, 11) is 1.58. The van der Waals surface area contributed by atoms with E-state index in [0.717, 1.165) is 10.9 Å². The number of methoxy groups -OCH3 is 1. The SMILES string of the molecule is COc1cn[c]c(-c2cccc3ccccc23)n1. The highest BCUT2D eigenvalue weighted by atomic mass is 16.5. The molecule has 1 radical (unpaired) electrons. The summed E-state index contributed by atoms with van der Waals surface area (Å²) in [6.45, 7) is 0. The van der Waals surface area contributed by atoms with E-state index in [-0.39, 0.29) is 0 Å². The summed E-state index contributed by atoms with van der Waals surface area (Å²) in [5.41, 5.74) is 1.71. The van der Waals surface area contributed by atoms with Gasteiger partial charge in [-0.15, -0.1) is 0 Å². The van der Waals surface area contributed by atoms with Gasteiger partial charge in [0.15, 0.2) is 0 Å². The molecule has 1 heterocycles. The van der Waals surface area contributed by atoms with Gasteiger partial charge in [-0.1, -0.05) is 42.5 Å². The molecule has 0 aliphatic rings. The van der Waals surface area contributed by atoms with E-state index < -0.39 is 0 Å². The lowest BCUT2D eigenvalue weighted by atomic mass is 10.0. The number of benzene rings is 2. The molecule has 1 aromatic heterocycles. The molecule has 87 valence electrons. The van der Waals surface area contributed by atoms with Crippen LogP contribution in [0.25, 0.3) is 22.0 Å². The summed E-state index contributed by atoms with van der Waals surface area (Å²) in [5.74, 6) is 0.497. The van der Waals surface area contributed by atoms with Crippen LogP contribution >= 0.6 is 0 Å². The van der Waals surface area contributed by atoms with Crippen molar-refractivity contribution in [3.8, 4) is 17.1 Å². The van der Waals surface area contributed by atoms with Crippen molar-refractivity contribution in [3.05, 3.63) is 54.9 Å². The number of fused-ring (bicyclic) bond motifs is 1. The van der Waals surface area contributed by atoms with Gasteiger partial charge in [0.05, 0.1) is 13.3 Å². The Morgan fingerprint density at radius 1 is 1.06 bits per heavy atom. The topological polar surface area (TPSA) is 35.0 Å². The molecule has 0 spiro atoms. The van der Waals surface area contributed by atoms with E-state index in [1.165, 1.54) is 5.39 Å². The van der Waals surface area contributed by atoms with E-state index in [1.54, 1.807) is 13.3 Å². The molecule has 0 aliphatic heterocycles. The van der Waals surface area contributed by atoms with Crippen molar-refractivity contribution in [2.45, 2.75) is 0 Å². The fraction of sp³-hybridized carbons (Fsp3) is 0.0667. The minimum atomic E-state index is 0.497. The Hall–Kier alpha value is -2.42. The maximum Gasteiger partial charge on any atom is 0.232 e. The van der Waals surface area contributed by atoms with Gasteiger partial charge in [-0.2, -0.15) is 0 Å². The second-order valence-corrected chi connectivity index (χ2v) is 3.90. The molecule has 0 aliphatic carbocycles. The van der Waals surface area contributed by atoms with Crippen LogP contribution in [0.3, 0.4) is 0 Å². The summed E-state index contributed by atoms with van der Waals surface area (Å²) in [6.07, 6.45) is 4.46. The molecule has 3 rings (SSSR count). The molecule has 3 aromatic rings. The molecule has 3 heteroatoms. The van der Waals surface area contributed by atoms with Crippen LogP contribution in [0.2, 0.25) is 0 Å². The van der Waals surface area contributed by atoms with Crippen molar-refractivity contribution in [1.82, 2.24) is 9.97 Å². The highest BCUT2D eigenvalue weighted by molar-refractivity contribution is 5.95. The average molecular weight is 235 g/mol. The van der Waals surface area contributed by atoms with Crippen LogP contribution in [0, 0.1) is 6.20 Å². The highest BCUT2D eigenvalue weighted by Crippen LogP contribution is 2.27. The number of hydrogen-bond acceptors (Lipinski definition) is 3. The van der Waals surface area contributed by atoms with Crippen molar-refractivity contribution in [2.75, 3.05) is 7.11 Å². The van der Waals surface area contributed by atoms with Crippen molar-refractivity contribution in [3.63, 3.8) is 0 Å².